The van der Waals surface area contributed by atoms with Gasteiger partial charge in [-0.25, -0.2) is 0 Å². The molecular formula is C25H54NO+. The molecule has 1 atom stereocenters. The van der Waals surface area contributed by atoms with Gasteiger partial charge in [-0.05, 0) is 59.8 Å². The van der Waals surface area contributed by atoms with Crippen molar-refractivity contribution in [1.29, 1.82) is 0 Å². The predicted octanol–water partition coefficient (Wildman–Crippen LogP) is 7.46. The number of hydrogen-bond acceptors (Lipinski definition) is 1. The zero-order valence-corrected chi connectivity index (χ0v) is 21.4. The third-order valence-electron chi connectivity index (χ3n) is 6.99. The molecule has 0 aromatic heterocycles. The monoisotopic (exact) mass is 384 g/mol. The van der Waals surface area contributed by atoms with Crippen LogP contribution < -0.4 is 0 Å². The van der Waals surface area contributed by atoms with Crippen LogP contribution in [0.5, 0.6) is 0 Å². The van der Waals surface area contributed by atoms with Crippen LogP contribution in [-0.4, -0.2) is 41.9 Å². The molecule has 0 aromatic rings. The van der Waals surface area contributed by atoms with Crippen LogP contribution in [-0.2, 0) is 4.74 Å². The van der Waals surface area contributed by atoms with Crippen molar-refractivity contribution >= 4 is 0 Å². The summed E-state index contributed by atoms with van der Waals surface area (Å²) in [5.41, 5.74) is 1.14. The van der Waals surface area contributed by atoms with Gasteiger partial charge in [-0.2, -0.15) is 0 Å². The fourth-order valence-electron chi connectivity index (χ4n) is 4.55. The maximum absolute atomic E-state index is 5.96. The lowest BCUT2D eigenvalue weighted by atomic mass is 9.75. The van der Waals surface area contributed by atoms with Crippen LogP contribution in [0.25, 0.3) is 0 Å². The summed E-state index contributed by atoms with van der Waals surface area (Å²) >= 11 is 0. The summed E-state index contributed by atoms with van der Waals surface area (Å²) in [7, 11) is 2.52. The molecule has 0 fully saturated rings. The molecule has 2 nitrogen and oxygen atoms in total. The lowest BCUT2D eigenvalue weighted by Gasteiger charge is -2.59. The highest BCUT2D eigenvalue weighted by Crippen LogP contribution is 2.43. The van der Waals surface area contributed by atoms with Crippen LogP contribution in [0.15, 0.2) is 0 Å². The SMILES string of the molecule is CCCC(C)(C)[N+](C)(CC(C)(C)CCC(C)(C)C)C(C)(C)CCOC(C)C. The molecule has 2 heteroatoms. The van der Waals surface area contributed by atoms with Crippen LogP contribution in [0.1, 0.15) is 115 Å². The Bertz CT molecular complexity index is 428. The van der Waals surface area contributed by atoms with Gasteiger partial charge in [0.25, 0.3) is 0 Å². The minimum Gasteiger partial charge on any atom is -0.379 e. The second-order valence-electron chi connectivity index (χ2n) is 12.6. The first-order valence-electron chi connectivity index (χ1n) is 11.4. The molecule has 164 valence electrons. The minimum absolute atomic E-state index is 0.173. The predicted molar refractivity (Wildman–Crippen MR) is 122 cm³/mol. The van der Waals surface area contributed by atoms with Crippen molar-refractivity contribution in [2.24, 2.45) is 10.8 Å². The first kappa shape index (κ1) is 26.9. The van der Waals surface area contributed by atoms with E-state index in [4.69, 9.17) is 4.74 Å². The molecule has 0 saturated heterocycles. The first-order valence-corrected chi connectivity index (χ1v) is 11.4. The van der Waals surface area contributed by atoms with Gasteiger partial charge in [0.05, 0.1) is 37.4 Å². The number of rotatable bonds is 12. The van der Waals surface area contributed by atoms with Crippen LogP contribution in [0, 0.1) is 10.8 Å². The second-order valence-corrected chi connectivity index (χ2v) is 12.6. The van der Waals surface area contributed by atoms with Crippen molar-refractivity contribution in [3.05, 3.63) is 0 Å². The van der Waals surface area contributed by atoms with Gasteiger partial charge in [0, 0.05) is 18.3 Å². The fourth-order valence-corrected chi connectivity index (χ4v) is 4.55. The summed E-state index contributed by atoms with van der Waals surface area (Å²) in [5, 5.41) is 0. The number of nitrogens with zero attached hydrogens (tertiary/aromatic N) is 1. The molecule has 0 amide bonds. The normalized spacial score (nSPS) is 16.7. The van der Waals surface area contributed by atoms with Gasteiger partial charge in [0.1, 0.15) is 0 Å². The highest BCUT2D eigenvalue weighted by Gasteiger charge is 2.52. The van der Waals surface area contributed by atoms with E-state index in [0.717, 1.165) is 17.5 Å². The summed E-state index contributed by atoms with van der Waals surface area (Å²) in [5.74, 6) is 0. The average Bonchev–Trinajstić information content (AvgIpc) is 2.43. The van der Waals surface area contributed by atoms with Gasteiger partial charge in [-0.3, -0.25) is 0 Å². The lowest BCUT2D eigenvalue weighted by molar-refractivity contribution is -1.00. The molecule has 0 aliphatic heterocycles. The third-order valence-corrected chi connectivity index (χ3v) is 6.99. The molecular weight excluding hydrogens is 330 g/mol. The first-order chi connectivity index (χ1) is 11.9. The third kappa shape index (κ3) is 8.44. The van der Waals surface area contributed by atoms with Crippen molar-refractivity contribution in [1.82, 2.24) is 0 Å². The number of ether oxygens (including phenoxy) is 1. The van der Waals surface area contributed by atoms with E-state index in [0.29, 0.717) is 16.9 Å². The molecule has 0 radical (unpaired) electrons. The van der Waals surface area contributed by atoms with E-state index in [2.05, 4.69) is 90.1 Å². The highest BCUT2D eigenvalue weighted by molar-refractivity contribution is 4.84. The molecule has 0 aliphatic rings. The molecule has 0 rings (SSSR count). The Labute approximate surface area is 173 Å². The zero-order chi connectivity index (χ0) is 21.7. The Balaban J connectivity index is 5.66. The van der Waals surface area contributed by atoms with E-state index in [9.17, 15) is 0 Å². The zero-order valence-electron chi connectivity index (χ0n) is 21.4. The van der Waals surface area contributed by atoms with Gasteiger partial charge in [-0.15, -0.1) is 0 Å². The second kappa shape index (κ2) is 9.61. The van der Waals surface area contributed by atoms with E-state index < -0.39 is 0 Å². The van der Waals surface area contributed by atoms with Crippen LogP contribution in [0.2, 0.25) is 0 Å². The minimum atomic E-state index is 0.173. The molecule has 0 aliphatic carbocycles. The van der Waals surface area contributed by atoms with E-state index in [1.54, 1.807) is 0 Å². The summed E-state index contributed by atoms with van der Waals surface area (Å²) < 4.78 is 7.06. The van der Waals surface area contributed by atoms with Crippen molar-refractivity contribution in [2.75, 3.05) is 20.2 Å². The molecule has 27 heavy (non-hydrogen) atoms. The Morgan fingerprint density at radius 2 is 1.22 bits per heavy atom. The smallest absolute Gasteiger partial charge is 0.0959 e. The highest BCUT2D eigenvalue weighted by atomic mass is 16.5. The van der Waals surface area contributed by atoms with E-state index >= 15 is 0 Å². The van der Waals surface area contributed by atoms with Gasteiger partial charge in [0.15, 0.2) is 0 Å². The van der Waals surface area contributed by atoms with Crippen molar-refractivity contribution in [3.8, 4) is 0 Å². The van der Waals surface area contributed by atoms with Crippen molar-refractivity contribution in [2.45, 2.75) is 132 Å². The molecule has 0 N–H and O–H groups in total. The van der Waals surface area contributed by atoms with Crippen LogP contribution >= 0.6 is 0 Å². The lowest BCUT2D eigenvalue weighted by Crippen LogP contribution is -2.71. The Morgan fingerprint density at radius 1 is 0.741 bits per heavy atom. The van der Waals surface area contributed by atoms with E-state index in [1.807, 2.05) is 0 Å². The fraction of sp³-hybridized carbons (Fsp3) is 1.00. The number of quaternary nitrogens is 1. The van der Waals surface area contributed by atoms with Gasteiger partial charge in [0.2, 0.25) is 0 Å². The Morgan fingerprint density at radius 3 is 1.63 bits per heavy atom. The van der Waals surface area contributed by atoms with Crippen LogP contribution in [0.4, 0.5) is 0 Å². The molecule has 0 spiro atoms. The summed E-state index contributed by atoms with van der Waals surface area (Å²) in [4.78, 5) is 0. The van der Waals surface area contributed by atoms with Crippen molar-refractivity contribution in [3.63, 3.8) is 0 Å². The topological polar surface area (TPSA) is 9.23 Å². The Kier molecular flexibility index (Phi) is 9.58. The maximum atomic E-state index is 5.96. The quantitative estimate of drug-likeness (QED) is 0.317. The molecule has 0 bridgehead atoms. The maximum Gasteiger partial charge on any atom is 0.0959 e. The standard InChI is InChI=1S/C25H54NO/c1-14-15-24(9,10)26(13,25(11,12)18-19-27-21(2)3)20-23(7,8)17-16-22(4,5)6/h21H,14-20H2,1-13H3/q+1. The Hall–Kier alpha value is -0.0800. The summed E-state index contributed by atoms with van der Waals surface area (Å²) in [6.45, 7) is 30.6. The summed E-state index contributed by atoms with van der Waals surface area (Å²) in [6, 6.07) is 0. The number of hydrogen-bond donors (Lipinski definition) is 0. The van der Waals surface area contributed by atoms with Gasteiger partial charge in [-0.1, -0.05) is 48.0 Å². The van der Waals surface area contributed by atoms with Gasteiger partial charge < -0.3 is 9.22 Å². The van der Waals surface area contributed by atoms with Crippen LogP contribution in [0.3, 0.4) is 0 Å². The molecule has 1 unspecified atom stereocenters. The van der Waals surface area contributed by atoms with Gasteiger partial charge >= 0.3 is 0 Å². The summed E-state index contributed by atoms with van der Waals surface area (Å²) in [6.07, 6.45) is 6.47. The molecule has 0 saturated carbocycles. The molecule has 0 aromatic carbocycles. The largest absolute Gasteiger partial charge is 0.379 e. The van der Waals surface area contributed by atoms with E-state index in [1.165, 1.54) is 32.2 Å². The average molecular weight is 385 g/mol. The molecule has 0 heterocycles. The van der Waals surface area contributed by atoms with Crippen molar-refractivity contribution < 1.29 is 9.22 Å². The van der Waals surface area contributed by atoms with E-state index in [-0.39, 0.29) is 11.1 Å².